The Morgan fingerprint density at radius 1 is 1.00 bits per heavy atom. The Hall–Kier alpha value is -2.57. The van der Waals surface area contributed by atoms with Crippen LogP contribution in [0.25, 0.3) is 17.2 Å². The van der Waals surface area contributed by atoms with Crippen LogP contribution in [0, 0.1) is 0 Å². The highest BCUT2D eigenvalue weighted by molar-refractivity contribution is 5.56. The van der Waals surface area contributed by atoms with Crippen molar-refractivity contribution in [3.8, 4) is 17.4 Å². The standard InChI is InChI=1S/C10H8N6O/c1-17-10-14-13-9-12-11-8(16(9)15-10)7-5-3-2-4-6-7/h2-6H,1H3. The third-order valence-corrected chi connectivity index (χ3v) is 2.25. The average molecular weight is 228 g/mol. The zero-order valence-corrected chi connectivity index (χ0v) is 8.98. The number of benzene rings is 1. The van der Waals surface area contributed by atoms with Gasteiger partial charge >= 0.3 is 6.01 Å². The maximum Gasteiger partial charge on any atom is 0.353 e. The molecule has 2 aromatic heterocycles. The van der Waals surface area contributed by atoms with Crippen LogP contribution in [0.5, 0.6) is 6.01 Å². The summed E-state index contributed by atoms with van der Waals surface area (Å²) in [6.07, 6.45) is 0. The number of methoxy groups -OCH3 is 1. The van der Waals surface area contributed by atoms with Gasteiger partial charge in [0.25, 0.3) is 5.78 Å². The molecular weight excluding hydrogens is 220 g/mol. The van der Waals surface area contributed by atoms with Gasteiger partial charge in [-0.1, -0.05) is 35.4 Å². The molecule has 7 nitrogen and oxygen atoms in total. The smallest absolute Gasteiger partial charge is 0.353 e. The molecule has 3 aromatic rings. The number of ether oxygens (including phenoxy) is 1. The van der Waals surface area contributed by atoms with Gasteiger partial charge in [0.15, 0.2) is 5.82 Å². The molecule has 0 saturated carbocycles. The Labute approximate surface area is 96.1 Å². The van der Waals surface area contributed by atoms with E-state index >= 15 is 0 Å². The summed E-state index contributed by atoms with van der Waals surface area (Å²) in [6.45, 7) is 0. The lowest BCUT2D eigenvalue weighted by Gasteiger charge is -1.99. The first-order chi connectivity index (χ1) is 8.38. The maximum absolute atomic E-state index is 4.92. The molecule has 0 radical (unpaired) electrons. The van der Waals surface area contributed by atoms with Crippen LogP contribution in [-0.4, -0.2) is 37.1 Å². The van der Waals surface area contributed by atoms with Crippen molar-refractivity contribution >= 4 is 5.78 Å². The van der Waals surface area contributed by atoms with Crippen LogP contribution in [0.2, 0.25) is 0 Å². The fraction of sp³-hybridized carbons (Fsp3) is 0.100. The number of aromatic nitrogens is 6. The van der Waals surface area contributed by atoms with E-state index in [0.717, 1.165) is 5.56 Å². The number of hydrogen-bond donors (Lipinski definition) is 0. The van der Waals surface area contributed by atoms with E-state index in [1.54, 1.807) is 0 Å². The van der Waals surface area contributed by atoms with Gasteiger partial charge in [0.2, 0.25) is 0 Å². The second kappa shape index (κ2) is 3.78. The van der Waals surface area contributed by atoms with Gasteiger partial charge in [-0.05, 0) is 0 Å². The third kappa shape index (κ3) is 1.57. The van der Waals surface area contributed by atoms with Crippen molar-refractivity contribution in [1.82, 2.24) is 30.0 Å². The van der Waals surface area contributed by atoms with Gasteiger partial charge in [-0.2, -0.15) is 4.52 Å². The van der Waals surface area contributed by atoms with Crippen molar-refractivity contribution in [2.24, 2.45) is 0 Å². The first kappa shape index (κ1) is 9.64. The van der Waals surface area contributed by atoms with E-state index in [1.165, 1.54) is 11.6 Å². The Balaban J connectivity index is 2.23. The van der Waals surface area contributed by atoms with Crippen molar-refractivity contribution in [1.29, 1.82) is 0 Å². The van der Waals surface area contributed by atoms with E-state index in [9.17, 15) is 0 Å². The highest BCUT2D eigenvalue weighted by Crippen LogP contribution is 2.16. The molecule has 0 N–H and O–H groups in total. The molecule has 0 saturated heterocycles. The van der Waals surface area contributed by atoms with Crippen molar-refractivity contribution in [3.63, 3.8) is 0 Å². The zero-order valence-electron chi connectivity index (χ0n) is 8.98. The van der Waals surface area contributed by atoms with Crippen LogP contribution in [0.15, 0.2) is 30.3 Å². The highest BCUT2D eigenvalue weighted by Gasteiger charge is 2.11. The molecule has 0 unspecified atom stereocenters. The molecule has 84 valence electrons. The largest absolute Gasteiger partial charge is 0.465 e. The van der Waals surface area contributed by atoms with Crippen molar-refractivity contribution < 1.29 is 4.74 Å². The quantitative estimate of drug-likeness (QED) is 0.638. The van der Waals surface area contributed by atoms with Crippen LogP contribution in [0.1, 0.15) is 0 Å². The fourth-order valence-corrected chi connectivity index (χ4v) is 1.47. The Morgan fingerprint density at radius 2 is 1.76 bits per heavy atom. The highest BCUT2D eigenvalue weighted by atomic mass is 16.5. The first-order valence-corrected chi connectivity index (χ1v) is 4.94. The van der Waals surface area contributed by atoms with Gasteiger partial charge < -0.3 is 4.74 Å². The van der Waals surface area contributed by atoms with Gasteiger partial charge in [-0.3, -0.25) is 0 Å². The van der Waals surface area contributed by atoms with E-state index in [-0.39, 0.29) is 6.01 Å². The van der Waals surface area contributed by atoms with Gasteiger partial charge in [0, 0.05) is 5.56 Å². The molecule has 3 rings (SSSR count). The van der Waals surface area contributed by atoms with E-state index in [2.05, 4.69) is 25.5 Å². The molecule has 2 heterocycles. The van der Waals surface area contributed by atoms with Gasteiger partial charge in [-0.15, -0.1) is 20.4 Å². The van der Waals surface area contributed by atoms with Gasteiger partial charge in [0.1, 0.15) is 0 Å². The van der Waals surface area contributed by atoms with Crippen LogP contribution < -0.4 is 4.74 Å². The molecule has 0 aliphatic rings. The summed E-state index contributed by atoms with van der Waals surface area (Å²) >= 11 is 0. The molecule has 0 aliphatic carbocycles. The Kier molecular flexibility index (Phi) is 2.14. The Bertz CT molecular complexity index is 650. The third-order valence-electron chi connectivity index (χ3n) is 2.25. The molecular formula is C10H8N6O. The normalized spacial score (nSPS) is 10.6. The summed E-state index contributed by atoms with van der Waals surface area (Å²) in [5.74, 6) is 0.943. The van der Waals surface area contributed by atoms with Gasteiger partial charge in [-0.25, -0.2) is 0 Å². The predicted octanol–water partition coefficient (Wildman–Crippen LogP) is 0.590. The minimum absolute atomic E-state index is 0.175. The monoisotopic (exact) mass is 228 g/mol. The first-order valence-electron chi connectivity index (χ1n) is 4.94. The SMILES string of the molecule is COc1nnc2nnc(-c3ccccc3)n2n1. The lowest BCUT2D eigenvalue weighted by atomic mass is 10.2. The summed E-state index contributed by atoms with van der Waals surface area (Å²) in [7, 11) is 1.48. The lowest BCUT2D eigenvalue weighted by molar-refractivity contribution is 0.364. The molecule has 0 aliphatic heterocycles. The molecule has 17 heavy (non-hydrogen) atoms. The predicted molar refractivity (Wildman–Crippen MR) is 58.4 cm³/mol. The minimum atomic E-state index is 0.175. The number of nitrogens with zero attached hydrogens (tertiary/aromatic N) is 6. The van der Waals surface area contributed by atoms with Crippen LogP contribution in [0.3, 0.4) is 0 Å². The maximum atomic E-state index is 4.92. The van der Waals surface area contributed by atoms with Crippen LogP contribution in [-0.2, 0) is 0 Å². The molecule has 0 atom stereocenters. The number of rotatable bonds is 2. The van der Waals surface area contributed by atoms with Crippen molar-refractivity contribution in [2.75, 3.05) is 7.11 Å². The zero-order chi connectivity index (χ0) is 11.7. The number of fused-ring (bicyclic) bond motifs is 1. The molecule has 0 spiro atoms. The number of hydrogen-bond acceptors (Lipinski definition) is 6. The summed E-state index contributed by atoms with van der Waals surface area (Å²) in [5, 5.41) is 19.6. The van der Waals surface area contributed by atoms with Crippen molar-refractivity contribution in [2.45, 2.75) is 0 Å². The lowest BCUT2D eigenvalue weighted by Crippen LogP contribution is -2.02. The minimum Gasteiger partial charge on any atom is -0.465 e. The average Bonchev–Trinajstić information content (AvgIpc) is 2.82. The second-order valence-corrected chi connectivity index (χ2v) is 3.29. The molecule has 0 bridgehead atoms. The Morgan fingerprint density at radius 3 is 2.53 bits per heavy atom. The second-order valence-electron chi connectivity index (χ2n) is 3.29. The van der Waals surface area contributed by atoms with E-state index in [0.29, 0.717) is 11.6 Å². The van der Waals surface area contributed by atoms with Crippen LogP contribution >= 0.6 is 0 Å². The molecule has 7 heteroatoms. The van der Waals surface area contributed by atoms with E-state index in [1.807, 2.05) is 30.3 Å². The van der Waals surface area contributed by atoms with E-state index < -0.39 is 0 Å². The van der Waals surface area contributed by atoms with Gasteiger partial charge in [0.05, 0.1) is 7.11 Å². The summed E-state index contributed by atoms with van der Waals surface area (Å²) in [4.78, 5) is 0. The topological polar surface area (TPSA) is 78.1 Å². The molecule has 0 fully saturated rings. The van der Waals surface area contributed by atoms with E-state index in [4.69, 9.17) is 4.74 Å². The molecule has 1 aromatic carbocycles. The summed E-state index contributed by atoms with van der Waals surface area (Å²) in [5.41, 5.74) is 0.905. The molecule has 0 amide bonds. The fourth-order valence-electron chi connectivity index (χ4n) is 1.47. The van der Waals surface area contributed by atoms with Crippen LogP contribution in [0.4, 0.5) is 0 Å². The van der Waals surface area contributed by atoms with Crippen molar-refractivity contribution in [3.05, 3.63) is 30.3 Å². The summed E-state index contributed by atoms with van der Waals surface area (Å²) in [6, 6.07) is 9.79. The summed E-state index contributed by atoms with van der Waals surface area (Å²) < 4.78 is 6.42.